The van der Waals surface area contributed by atoms with Gasteiger partial charge < -0.3 is 9.84 Å². The molecule has 1 heterocycles. The Bertz CT molecular complexity index is 271. The molecule has 1 N–H and O–H groups in total. The van der Waals surface area contributed by atoms with Gasteiger partial charge in [0.15, 0.2) is 10.9 Å². The first-order valence-electron chi connectivity index (χ1n) is 3.99. The predicted octanol–water partition coefficient (Wildman–Crippen LogP) is 1.18. The first-order valence-corrected chi connectivity index (χ1v) is 5.75. The standard InChI is InChI=1S/C8H11ClN2O2S/c1-14-8-10-3-7(4-11-8)13-5-6(12)2-9/h3-4,6,12H,2,5H2,1H3/t6-/m0/s1. The van der Waals surface area contributed by atoms with E-state index in [4.69, 9.17) is 21.4 Å². The van der Waals surface area contributed by atoms with Gasteiger partial charge in [-0.1, -0.05) is 11.8 Å². The molecule has 0 fully saturated rings. The third-order valence-corrected chi connectivity index (χ3v) is 2.34. The summed E-state index contributed by atoms with van der Waals surface area (Å²) in [5.74, 6) is 0.691. The summed E-state index contributed by atoms with van der Waals surface area (Å²) in [4.78, 5) is 8.03. The van der Waals surface area contributed by atoms with Gasteiger partial charge in [-0.15, -0.1) is 11.6 Å². The molecule has 0 saturated heterocycles. The Morgan fingerprint density at radius 3 is 2.71 bits per heavy atom. The zero-order chi connectivity index (χ0) is 10.4. The van der Waals surface area contributed by atoms with Gasteiger partial charge in [-0.05, 0) is 6.26 Å². The highest BCUT2D eigenvalue weighted by Crippen LogP contribution is 2.12. The maximum atomic E-state index is 9.12. The number of halogens is 1. The van der Waals surface area contributed by atoms with E-state index in [1.807, 2.05) is 6.26 Å². The minimum Gasteiger partial charge on any atom is -0.488 e. The maximum Gasteiger partial charge on any atom is 0.187 e. The van der Waals surface area contributed by atoms with Gasteiger partial charge >= 0.3 is 0 Å². The Kier molecular flexibility index (Phi) is 5.00. The summed E-state index contributed by atoms with van der Waals surface area (Å²) in [5.41, 5.74) is 0. The van der Waals surface area contributed by atoms with E-state index in [0.717, 1.165) is 0 Å². The van der Waals surface area contributed by atoms with E-state index in [1.54, 1.807) is 12.4 Å². The molecule has 1 aromatic rings. The van der Waals surface area contributed by atoms with Crippen molar-refractivity contribution in [2.75, 3.05) is 18.7 Å². The summed E-state index contributed by atoms with van der Waals surface area (Å²) in [6, 6.07) is 0. The number of hydrogen-bond acceptors (Lipinski definition) is 5. The third-order valence-electron chi connectivity index (χ3n) is 1.41. The summed E-state index contributed by atoms with van der Waals surface area (Å²) < 4.78 is 5.19. The molecule has 4 nitrogen and oxygen atoms in total. The molecule has 0 spiro atoms. The first kappa shape index (κ1) is 11.6. The highest BCUT2D eigenvalue weighted by Gasteiger charge is 2.03. The van der Waals surface area contributed by atoms with Crippen LogP contribution in [0.15, 0.2) is 17.6 Å². The molecular formula is C8H11ClN2O2S. The fraction of sp³-hybridized carbons (Fsp3) is 0.500. The molecule has 0 bridgehead atoms. The molecule has 14 heavy (non-hydrogen) atoms. The van der Waals surface area contributed by atoms with Crippen molar-refractivity contribution in [1.82, 2.24) is 9.97 Å². The van der Waals surface area contributed by atoms with Gasteiger partial charge in [0.1, 0.15) is 12.7 Å². The second kappa shape index (κ2) is 6.06. The van der Waals surface area contributed by atoms with Crippen LogP contribution in [0.25, 0.3) is 0 Å². The third kappa shape index (κ3) is 3.69. The SMILES string of the molecule is CSc1ncc(OC[C@@H](O)CCl)cn1. The van der Waals surface area contributed by atoms with Crippen LogP contribution in [0.4, 0.5) is 0 Å². The van der Waals surface area contributed by atoms with Crippen molar-refractivity contribution >= 4 is 23.4 Å². The van der Waals surface area contributed by atoms with E-state index in [0.29, 0.717) is 10.9 Å². The number of alkyl halides is 1. The van der Waals surface area contributed by atoms with Crippen molar-refractivity contribution in [2.24, 2.45) is 0 Å². The monoisotopic (exact) mass is 234 g/mol. The van der Waals surface area contributed by atoms with Gasteiger partial charge in [0, 0.05) is 0 Å². The van der Waals surface area contributed by atoms with E-state index in [2.05, 4.69) is 9.97 Å². The molecule has 0 aliphatic carbocycles. The topological polar surface area (TPSA) is 55.2 Å². The molecule has 78 valence electrons. The normalized spacial score (nSPS) is 12.5. The second-order valence-corrected chi connectivity index (χ2v) is 3.61. The number of aliphatic hydroxyl groups excluding tert-OH is 1. The molecule has 0 unspecified atom stereocenters. The van der Waals surface area contributed by atoms with Crippen molar-refractivity contribution in [3.8, 4) is 5.75 Å². The van der Waals surface area contributed by atoms with E-state index in [-0.39, 0.29) is 12.5 Å². The zero-order valence-corrected chi connectivity index (χ0v) is 9.25. The van der Waals surface area contributed by atoms with E-state index in [1.165, 1.54) is 11.8 Å². The maximum absolute atomic E-state index is 9.12. The lowest BCUT2D eigenvalue weighted by molar-refractivity contribution is 0.124. The van der Waals surface area contributed by atoms with Crippen molar-refractivity contribution < 1.29 is 9.84 Å². The van der Waals surface area contributed by atoms with Crippen LogP contribution in [0.3, 0.4) is 0 Å². The number of ether oxygens (including phenoxy) is 1. The minimum atomic E-state index is -0.656. The Morgan fingerprint density at radius 1 is 1.57 bits per heavy atom. The fourth-order valence-corrected chi connectivity index (χ4v) is 1.13. The van der Waals surface area contributed by atoms with E-state index in [9.17, 15) is 0 Å². The van der Waals surface area contributed by atoms with Gasteiger partial charge in [0.2, 0.25) is 0 Å². The van der Waals surface area contributed by atoms with Gasteiger partial charge in [-0.2, -0.15) is 0 Å². The Labute approximate surface area is 91.7 Å². The highest BCUT2D eigenvalue weighted by atomic mass is 35.5. The van der Waals surface area contributed by atoms with Crippen LogP contribution in [0.1, 0.15) is 0 Å². The van der Waals surface area contributed by atoms with Crippen LogP contribution >= 0.6 is 23.4 Å². The summed E-state index contributed by atoms with van der Waals surface area (Å²) in [6.45, 7) is 0.158. The van der Waals surface area contributed by atoms with Gasteiger partial charge in [0.25, 0.3) is 0 Å². The summed E-state index contributed by atoms with van der Waals surface area (Å²) in [7, 11) is 0. The number of thioether (sulfide) groups is 1. The minimum absolute atomic E-state index is 0.157. The van der Waals surface area contributed by atoms with Crippen molar-refractivity contribution in [3.63, 3.8) is 0 Å². The quantitative estimate of drug-likeness (QED) is 0.471. The molecule has 0 saturated carbocycles. The Balaban J connectivity index is 2.43. The smallest absolute Gasteiger partial charge is 0.187 e. The molecule has 6 heteroatoms. The number of hydrogen-bond donors (Lipinski definition) is 1. The second-order valence-electron chi connectivity index (χ2n) is 2.52. The molecule has 0 amide bonds. The van der Waals surface area contributed by atoms with Gasteiger partial charge in [-0.3, -0.25) is 0 Å². The van der Waals surface area contributed by atoms with Crippen molar-refractivity contribution in [3.05, 3.63) is 12.4 Å². The summed E-state index contributed by atoms with van der Waals surface area (Å²) in [6.07, 6.45) is 4.38. The molecular weight excluding hydrogens is 224 g/mol. The van der Waals surface area contributed by atoms with Gasteiger partial charge in [0.05, 0.1) is 18.3 Å². The highest BCUT2D eigenvalue weighted by molar-refractivity contribution is 7.98. The average molecular weight is 235 g/mol. The molecule has 1 atom stereocenters. The van der Waals surface area contributed by atoms with E-state index < -0.39 is 6.10 Å². The fourth-order valence-electron chi connectivity index (χ4n) is 0.721. The first-order chi connectivity index (χ1) is 6.76. The lowest BCUT2D eigenvalue weighted by atomic mass is 10.4. The lowest BCUT2D eigenvalue weighted by Crippen LogP contribution is -2.18. The van der Waals surface area contributed by atoms with Crippen LogP contribution in [0.2, 0.25) is 0 Å². The van der Waals surface area contributed by atoms with Crippen molar-refractivity contribution in [2.45, 2.75) is 11.3 Å². The molecule has 0 aliphatic rings. The molecule has 0 aromatic carbocycles. The molecule has 1 aromatic heterocycles. The molecule has 0 aliphatic heterocycles. The predicted molar refractivity (Wildman–Crippen MR) is 56.0 cm³/mol. The number of aromatic nitrogens is 2. The van der Waals surface area contributed by atoms with Crippen LogP contribution < -0.4 is 4.74 Å². The largest absolute Gasteiger partial charge is 0.488 e. The Morgan fingerprint density at radius 2 is 2.21 bits per heavy atom. The van der Waals surface area contributed by atoms with E-state index >= 15 is 0 Å². The molecule has 1 rings (SSSR count). The summed E-state index contributed by atoms with van der Waals surface area (Å²) >= 11 is 6.86. The Hall–Kier alpha value is -0.520. The number of nitrogens with zero attached hydrogens (tertiary/aromatic N) is 2. The van der Waals surface area contributed by atoms with Crippen LogP contribution in [0, 0.1) is 0 Å². The average Bonchev–Trinajstić information content (AvgIpc) is 2.26. The lowest BCUT2D eigenvalue weighted by Gasteiger charge is -2.08. The van der Waals surface area contributed by atoms with Crippen LogP contribution in [-0.4, -0.2) is 39.9 Å². The zero-order valence-electron chi connectivity index (χ0n) is 7.68. The number of rotatable bonds is 5. The van der Waals surface area contributed by atoms with Gasteiger partial charge in [-0.25, -0.2) is 9.97 Å². The van der Waals surface area contributed by atoms with Crippen molar-refractivity contribution in [1.29, 1.82) is 0 Å². The molecule has 0 radical (unpaired) electrons. The van der Waals surface area contributed by atoms with Crippen LogP contribution in [0.5, 0.6) is 5.75 Å². The summed E-state index contributed by atoms with van der Waals surface area (Å²) in [5, 5.41) is 9.81. The van der Waals surface area contributed by atoms with Crippen LogP contribution in [-0.2, 0) is 0 Å². The number of aliphatic hydroxyl groups is 1.